The number of nitrogens with zero attached hydrogens (tertiary/aromatic N) is 1. The lowest BCUT2D eigenvalue weighted by molar-refractivity contribution is 0.542. The number of furan rings is 1. The molecule has 2 N–H and O–H groups in total. The van der Waals surface area contributed by atoms with Crippen LogP contribution in [0, 0.1) is 11.3 Å². The molecule has 0 saturated carbocycles. The van der Waals surface area contributed by atoms with Crippen molar-refractivity contribution in [1.82, 2.24) is 0 Å². The Morgan fingerprint density at radius 3 is 3.09 bits per heavy atom. The van der Waals surface area contributed by atoms with Crippen LogP contribution in [0.4, 0.5) is 0 Å². The first-order chi connectivity index (χ1) is 5.29. The summed E-state index contributed by atoms with van der Waals surface area (Å²) < 4.78 is 4.90. The number of hydrogen-bond acceptors (Lipinski definition) is 3. The Balaban J connectivity index is 2.95. The van der Waals surface area contributed by atoms with Gasteiger partial charge in [-0.2, -0.15) is 5.26 Å². The SMILES string of the molecule is CC[C@H](N)c1ccoc1C#N. The molecule has 0 amide bonds. The van der Waals surface area contributed by atoms with E-state index in [4.69, 9.17) is 15.4 Å². The minimum atomic E-state index is -0.0802. The predicted octanol–water partition coefficient (Wildman–Crippen LogP) is 1.56. The van der Waals surface area contributed by atoms with Crippen molar-refractivity contribution >= 4 is 0 Å². The molecule has 1 aromatic heterocycles. The van der Waals surface area contributed by atoms with Crippen LogP contribution in [0.15, 0.2) is 16.7 Å². The van der Waals surface area contributed by atoms with Crippen LogP contribution in [0.1, 0.15) is 30.7 Å². The highest BCUT2D eigenvalue weighted by Gasteiger charge is 2.10. The smallest absolute Gasteiger partial charge is 0.207 e. The fourth-order valence-electron chi connectivity index (χ4n) is 0.922. The highest BCUT2D eigenvalue weighted by Crippen LogP contribution is 2.18. The first-order valence-electron chi connectivity index (χ1n) is 3.52. The molecule has 0 aliphatic heterocycles. The van der Waals surface area contributed by atoms with E-state index in [-0.39, 0.29) is 6.04 Å². The van der Waals surface area contributed by atoms with Crippen LogP contribution in [0.3, 0.4) is 0 Å². The molecular formula is C8H10N2O. The topological polar surface area (TPSA) is 62.9 Å². The van der Waals surface area contributed by atoms with Gasteiger partial charge in [-0.05, 0) is 12.5 Å². The van der Waals surface area contributed by atoms with Crippen LogP contribution in [0.2, 0.25) is 0 Å². The van der Waals surface area contributed by atoms with Gasteiger partial charge in [0, 0.05) is 11.6 Å². The normalized spacial score (nSPS) is 12.5. The van der Waals surface area contributed by atoms with Crippen LogP contribution in [-0.2, 0) is 0 Å². The summed E-state index contributed by atoms with van der Waals surface area (Å²) in [6.45, 7) is 1.97. The van der Waals surface area contributed by atoms with Gasteiger partial charge in [0.2, 0.25) is 5.76 Å². The fraction of sp³-hybridized carbons (Fsp3) is 0.375. The summed E-state index contributed by atoms with van der Waals surface area (Å²) in [7, 11) is 0. The van der Waals surface area contributed by atoms with Gasteiger partial charge in [0.25, 0.3) is 0 Å². The largest absolute Gasteiger partial charge is 0.454 e. The van der Waals surface area contributed by atoms with Gasteiger partial charge in [-0.25, -0.2) is 0 Å². The van der Waals surface area contributed by atoms with Gasteiger partial charge in [0.15, 0.2) is 0 Å². The molecule has 0 aliphatic rings. The van der Waals surface area contributed by atoms with E-state index in [1.807, 2.05) is 13.0 Å². The molecule has 11 heavy (non-hydrogen) atoms. The van der Waals surface area contributed by atoms with Crippen molar-refractivity contribution in [2.24, 2.45) is 5.73 Å². The minimum absolute atomic E-state index is 0.0802. The van der Waals surface area contributed by atoms with Gasteiger partial charge in [-0.3, -0.25) is 0 Å². The second-order valence-corrected chi connectivity index (χ2v) is 2.33. The summed E-state index contributed by atoms with van der Waals surface area (Å²) in [5, 5.41) is 8.55. The van der Waals surface area contributed by atoms with Crippen molar-refractivity contribution in [2.45, 2.75) is 19.4 Å². The van der Waals surface area contributed by atoms with E-state index in [0.29, 0.717) is 5.76 Å². The van der Waals surface area contributed by atoms with Crippen molar-refractivity contribution in [3.8, 4) is 6.07 Å². The second kappa shape index (κ2) is 3.22. The van der Waals surface area contributed by atoms with Crippen molar-refractivity contribution in [3.05, 3.63) is 23.7 Å². The van der Waals surface area contributed by atoms with E-state index >= 15 is 0 Å². The van der Waals surface area contributed by atoms with Crippen molar-refractivity contribution in [3.63, 3.8) is 0 Å². The summed E-state index contributed by atoms with van der Waals surface area (Å²) in [4.78, 5) is 0. The molecule has 1 rings (SSSR count). The second-order valence-electron chi connectivity index (χ2n) is 2.33. The molecule has 0 aromatic carbocycles. The number of hydrogen-bond donors (Lipinski definition) is 1. The Kier molecular flexibility index (Phi) is 2.29. The maximum atomic E-state index is 8.55. The summed E-state index contributed by atoms with van der Waals surface area (Å²) >= 11 is 0. The van der Waals surface area contributed by atoms with E-state index in [1.165, 1.54) is 6.26 Å². The minimum Gasteiger partial charge on any atom is -0.454 e. The zero-order valence-corrected chi connectivity index (χ0v) is 6.37. The standard InChI is InChI=1S/C8H10N2O/c1-2-7(10)6-3-4-11-8(6)5-9/h3-4,7H,2,10H2,1H3/t7-/m0/s1. The van der Waals surface area contributed by atoms with Crippen molar-refractivity contribution < 1.29 is 4.42 Å². The highest BCUT2D eigenvalue weighted by atomic mass is 16.3. The summed E-state index contributed by atoms with van der Waals surface area (Å²) in [6.07, 6.45) is 2.30. The molecule has 0 aliphatic carbocycles. The van der Waals surface area contributed by atoms with Crippen molar-refractivity contribution in [2.75, 3.05) is 0 Å². The van der Waals surface area contributed by atoms with E-state index in [9.17, 15) is 0 Å². The third-order valence-corrected chi connectivity index (χ3v) is 1.64. The molecule has 0 unspecified atom stereocenters. The third-order valence-electron chi connectivity index (χ3n) is 1.64. The van der Waals surface area contributed by atoms with Crippen molar-refractivity contribution in [1.29, 1.82) is 5.26 Å². The third kappa shape index (κ3) is 1.41. The predicted molar refractivity (Wildman–Crippen MR) is 40.6 cm³/mol. The Hall–Kier alpha value is -1.27. The lowest BCUT2D eigenvalue weighted by atomic mass is 10.1. The maximum absolute atomic E-state index is 8.55. The zero-order valence-electron chi connectivity index (χ0n) is 6.37. The molecule has 3 nitrogen and oxygen atoms in total. The first-order valence-corrected chi connectivity index (χ1v) is 3.52. The molecular weight excluding hydrogens is 140 g/mol. The monoisotopic (exact) mass is 150 g/mol. The van der Waals surface area contributed by atoms with E-state index in [2.05, 4.69) is 0 Å². The Morgan fingerprint density at radius 1 is 1.82 bits per heavy atom. The molecule has 3 heteroatoms. The Morgan fingerprint density at radius 2 is 2.55 bits per heavy atom. The first kappa shape index (κ1) is 7.83. The molecule has 1 heterocycles. The Bertz CT molecular complexity index is 272. The van der Waals surface area contributed by atoms with Gasteiger partial charge in [0.1, 0.15) is 6.07 Å². The Labute approximate surface area is 65.4 Å². The van der Waals surface area contributed by atoms with Crippen LogP contribution in [0.5, 0.6) is 0 Å². The summed E-state index contributed by atoms with van der Waals surface area (Å²) in [6, 6.07) is 3.61. The van der Waals surface area contributed by atoms with Crippen LogP contribution in [-0.4, -0.2) is 0 Å². The molecule has 0 saturated heterocycles. The average Bonchev–Trinajstić information content (AvgIpc) is 2.50. The molecule has 0 fully saturated rings. The lowest BCUT2D eigenvalue weighted by Gasteiger charge is -2.04. The molecule has 1 aromatic rings. The average molecular weight is 150 g/mol. The van der Waals surface area contributed by atoms with Gasteiger partial charge < -0.3 is 10.2 Å². The van der Waals surface area contributed by atoms with Crippen LogP contribution >= 0.6 is 0 Å². The molecule has 1 atom stereocenters. The lowest BCUT2D eigenvalue weighted by Crippen LogP contribution is -2.08. The zero-order chi connectivity index (χ0) is 8.27. The molecule has 58 valence electrons. The van der Waals surface area contributed by atoms with E-state index in [1.54, 1.807) is 6.07 Å². The van der Waals surface area contributed by atoms with E-state index in [0.717, 1.165) is 12.0 Å². The van der Waals surface area contributed by atoms with E-state index < -0.39 is 0 Å². The fourth-order valence-corrected chi connectivity index (χ4v) is 0.922. The molecule has 0 spiro atoms. The highest BCUT2D eigenvalue weighted by molar-refractivity contribution is 5.30. The van der Waals surface area contributed by atoms with Gasteiger partial charge >= 0.3 is 0 Å². The van der Waals surface area contributed by atoms with Gasteiger partial charge in [-0.15, -0.1) is 0 Å². The van der Waals surface area contributed by atoms with Crippen LogP contribution in [0.25, 0.3) is 0 Å². The molecule has 0 radical (unpaired) electrons. The quantitative estimate of drug-likeness (QED) is 0.695. The number of nitriles is 1. The van der Waals surface area contributed by atoms with Gasteiger partial charge in [0.05, 0.1) is 6.26 Å². The van der Waals surface area contributed by atoms with Gasteiger partial charge in [-0.1, -0.05) is 6.92 Å². The summed E-state index contributed by atoms with van der Waals surface area (Å²) in [5.41, 5.74) is 6.50. The molecule has 0 bridgehead atoms. The maximum Gasteiger partial charge on any atom is 0.207 e. The summed E-state index contributed by atoms with van der Waals surface area (Å²) in [5.74, 6) is 0.333. The number of nitrogens with two attached hydrogens (primary N) is 1. The number of rotatable bonds is 2. The van der Waals surface area contributed by atoms with Crippen LogP contribution < -0.4 is 5.73 Å².